The van der Waals surface area contributed by atoms with Crippen LogP contribution in [0, 0.1) is 6.92 Å². The van der Waals surface area contributed by atoms with Crippen molar-refractivity contribution in [1.29, 1.82) is 0 Å². The fraction of sp³-hybridized carbons (Fsp3) is 0.0769. The van der Waals surface area contributed by atoms with E-state index in [9.17, 15) is 0 Å². The van der Waals surface area contributed by atoms with Gasteiger partial charge in [0.25, 0.3) is 0 Å². The van der Waals surface area contributed by atoms with Crippen LogP contribution >= 0.6 is 0 Å². The summed E-state index contributed by atoms with van der Waals surface area (Å²) < 4.78 is 6.42. The molecule has 0 unspecified atom stereocenters. The molecule has 0 N–H and O–H groups in total. The highest BCUT2D eigenvalue weighted by Gasteiger charge is 2.35. The maximum Gasteiger partial charge on any atom is 0.143 e. The minimum atomic E-state index is -0.102. The fourth-order valence-electron chi connectivity index (χ4n) is 8.47. The molecule has 0 saturated carbocycles. The number of hydrogen-bond donors (Lipinski definition) is 0. The number of aryl methyl sites for hydroxylation is 1. The molecule has 1 aliphatic carbocycles. The van der Waals surface area contributed by atoms with Gasteiger partial charge in [-0.25, -0.2) is 0 Å². The van der Waals surface area contributed by atoms with Gasteiger partial charge in [0.2, 0.25) is 0 Å². The highest BCUT2D eigenvalue weighted by molar-refractivity contribution is 6.09. The zero-order chi connectivity index (χ0) is 36.4. The van der Waals surface area contributed by atoms with Crippen molar-refractivity contribution in [3.8, 4) is 44.5 Å². The summed E-state index contributed by atoms with van der Waals surface area (Å²) in [4.78, 5) is 2.39. The SMILES string of the molecule is Cc1ccc(-c2cccc(-c3ccc(N(c4ccc(-c5cccc6c5oc5ccccc56)cc4)c4ccc5c(c4)C(C)(C)c4ccccc4-5)cc3)c2)cc1. The normalized spacial score (nSPS) is 12.9. The molecule has 54 heavy (non-hydrogen) atoms. The Balaban J connectivity index is 1.06. The predicted octanol–water partition coefficient (Wildman–Crippen LogP) is 14.7. The van der Waals surface area contributed by atoms with E-state index in [1.54, 1.807) is 0 Å². The number of fused-ring (bicyclic) bond motifs is 6. The number of rotatable bonds is 6. The maximum atomic E-state index is 6.42. The molecule has 2 nitrogen and oxygen atoms in total. The van der Waals surface area contributed by atoms with Gasteiger partial charge in [0, 0.05) is 38.8 Å². The summed E-state index contributed by atoms with van der Waals surface area (Å²) in [7, 11) is 0. The van der Waals surface area contributed by atoms with Gasteiger partial charge in [0.15, 0.2) is 0 Å². The van der Waals surface area contributed by atoms with E-state index in [1.807, 2.05) is 12.1 Å². The van der Waals surface area contributed by atoms with Crippen molar-refractivity contribution in [1.82, 2.24) is 0 Å². The minimum Gasteiger partial charge on any atom is -0.455 e. The van der Waals surface area contributed by atoms with Gasteiger partial charge in [-0.1, -0.05) is 153 Å². The van der Waals surface area contributed by atoms with Crippen LogP contribution in [0.3, 0.4) is 0 Å². The molecule has 0 amide bonds. The highest BCUT2D eigenvalue weighted by Crippen LogP contribution is 2.51. The van der Waals surface area contributed by atoms with Gasteiger partial charge in [-0.05, 0) is 106 Å². The smallest absolute Gasteiger partial charge is 0.143 e. The molecular weight excluding hydrogens is 655 g/mol. The van der Waals surface area contributed by atoms with Crippen LogP contribution in [0.4, 0.5) is 17.1 Å². The Labute approximate surface area is 316 Å². The number of para-hydroxylation sites is 2. The zero-order valence-electron chi connectivity index (χ0n) is 30.7. The zero-order valence-corrected chi connectivity index (χ0v) is 30.7. The molecule has 1 heterocycles. The molecule has 0 saturated heterocycles. The van der Waals surface area contributed by atoms with Crippen molar-refractivity contribution >= 4 is 39.0 Å². The molecule has 0 spiro atoms. The van der Waals surface area contributed by atoms with E-state index in [2.05, 4.69) is 196 Å². The Kier molecular flexibility index (Phi) is 7.42. The molecule has 0 radical (unpaired) electrons. The summed E-state index contributed by atoms with van der Waals surface area (Å²) in [5.74, 6) is 0. The summed E-state index contributed by atoms with van der Waals surface area (Å²) in [6.45, 7) is 6.82. The summed E-state index contributed by atoms with van der Waals surface area (Å²) in [5.41, 5.74) is 18.8. The van der Waals surface area contributed by atoms with Crippen molar-refractivity contribution in [2.75, 3.05) is 4.90 Å². The molecular formula is C52H39NO. The lowest BCUT2D eigenvalue weighted by Gasteiger charge is -2.28. The van der Waals surface area contributed by atoms with Crippen molar-refractivity contribution in [2.24, 2.45) is 0 Å². The lowest BCUT2D eigenvalue weighted by atomic mass is 9.82. The number of benzene rings is 8. The van der Waals surface area contributed by atoms with Gasteiger partial charge >= 0.3 is 0 Å². The number of nitrogens with zero attached hydrogens (tertiary/aromatic N) is 1. The summed E-state index contributed by atoms with van der Waals surface area (Å²) in [5, 5.41) is 2.28. The molecule has 2 heteroatoms. The van der Waals surface area contributed by atoms with Crippen LogP contribution < -0.4 is 4.90 Å². The Hall–Kier alpha value is -6.64. The van der Waals surface area contributed by atoms with Gasteiger partial charge in [-0.15, -0.1) is 0 Å². The van der Waals surface area contributed by atoms with E-state index in [-0.39, 0.29) is 5.41 Å². The molecule has 0 atom stereocenters. The molecule has 9 aromatic rings. The van der Waals surface area contributed by atoms with Crippen molar-refractivity contribution in [3.05, 3.63) is 199 Å². The van der Waals surface area contributed by atoms with E-state index < -0.39 is 0 Å². The first-order valence-electron chi connectivity index (χ1n) is 18.8. The van der Waals surface area contributed by atoms with Crippen LogP contribution in [0.5, 0.6) is 0 Å². The Morgan fingerprint density at radius 3 is 1.70 bits per heavy atom. The molecule has 0 fully saturated rings. The average molecular weight is 694 g/mol. The summed E-state index contributed by atoms with van der Waals surface area (Å²) >= 11 is 0. The maximum absolute atomic E-state index is 6.42. The first kappa shape index (κ1) is 32.0. The van der Waals surface area contributed by atoms with Crippen molar-refractivity contribution in [2.45, 2.75) is 26.2 Å². The van der Waals surface area contributed by atoms with Crippen molar-refractivity contribution < 1.29 is 4.42 Å². The Morgan fingerprint density at radius 2 is 0.963 bits per heavy atom. The number of hydrogen-bond acceptors (Lipinski definition) is 2. The Bertz CT molecular complexity index is 2840. The first-order chi connectivity index (χ1) is 26.4. The number of anilines is 3. The van der Waals surface area contributed by atoms with Gasteiger partial charge in [0.1, 0.15) is 11.2 Å². The third-order valence-corrected chi connectivity index (χ3v) is 11.4. The van der Waals surface area contributed by atoms with Gasteiger partial charge in [0.05, 0.1) is 0 Å². The largest absolute Gasteiger partial charge is 0.455 e. The van der Waals surface area contributed by atoms with Gasteiger partial charge in [-0.2, -0.15) is 0 Å². The molecule has 258 valence electrons. The molecule has 10 rings (SSSR count). The van der Waals surface area contributed by atoms with E-state index in [0.29, 0.717) is 0 Å². The van der Waals surface area contributed by atoms with Crippen LogP contribution in [0.25, 0.3) is 66.4 Å². The third-order valence-electron chi connectivity index (χ3n) is 11.4. The van der Waals surface area contributed by atoms with E-state index in [1.165, 1.54) is 50.1 Å². The molecule has 1 aromatic heterocycles. The minimum absolute atomic E-state index is 0.102. The molecule has 8 aromatic carbocycles. The second-order valence-electron chi connectivity index (χ2n) is 15.1. The second kappa shape index (κ2) is 12.5. The fourth-order valence-corrected chi connectivity index (χ4v) is 8.47. The third kappa shape index (κ3) is 5.25. The van der Waals surface area contributed by atoms with E-state index in [4.69, 9.17) is 4.42 Å². The van der Waals surface area contributed by atoms with Crippen LogP contribution in [0.15, 0.2) is 186 Å². The van der Waals surface area contributed by atoms with Crippen LogP contribution in [-0.2, 0) is 5.41 Å². The van der Waals surface area contributed by atoms with E-state index >= 15 is 0 Å². The summed E-state index contributed by atoms with van der Waals surface area (Å²) in [6.07, 6.45) is 0. The number of furan rings is 1. The quantitative estimate of drug-likeness (QED) is 0.172. The topological polar surface area (TPSA) is 16.4 Å². The predicted molar refractivity (Wildman–Crippen MR) is 227 cm³/mol. The highest BCUT2D eigenvalue weighted by atomic mass is 16.3. The lowest BCUT2D eigenvalue weighted by Crippen LogP contribution is -2.16. The van der Waals surface area contributed by atoms with Crippen LogP contribution in [-0.4, -0.2) is 0 Å². The molecule has 1 aliphatic rings. The lowest BCUT2D eigenvalue weighted by molar-refractivity contribution is 0.660. The van der Waals surface area contributed by atoms with Crippen molar-refractivity contribution in [3.63, 3.8) is 0 Å². The summed E-state index contributed by atoms with van der Waals surface area (Å²) in [6, 6.07) is 66.1. The Morgan fingerprint density at radius 1 is 0.407 bits per heavy atom. The first-order valence-corrected chi connectivity index (χ1v) is 18.8. The van der Waals surface area contributed by atoms with E-state index in [0.717, 1.165) is 50.1 Å². The average Bonchev–Trinajstić information content (AvgIpc) is 3.71. The second-order valence-corrected chi connectivity index (χ2v) is 15.1. The van der Waals surface area contributed by atoms with Crippen LogP contribution in [0.2, 0.25) is 0 Å². The molecule has 0 aliphatic heterocycles. The monoisotopic (exact) mass is 693 g/mol. The molecule has 0 bridgehead atoms. The van der Waals surface area contributed by atoms with Crippen LogP contribution in [0.1, 0.15) is 30.5 Å². The standard InChI is InChI=1S/C52H39NO/c1-34-18-20-35(21-19-34)38-10-8-11-39(32-38)36-22-26-40(27-23-36)53(42-30-31-45-44-12-4-6-16-48(44)52(2,3)49(45)33-42)41-28-24-37(25-29-41)43-14-9-15-47-46-13-5-7-17-50(46)54-51(43)47/h4-33H,1-3H3. The van der Waals surface area contributed by atoms with Gasteiger partial charge in [-0.3, -0.25) is 0 Å². The van der Waals surface area contributed by atoms with Gasteiger partial charge < -0.3 is 9.32 Å².